The fourth-order valence-corrected chi connectivity index (χ4v) is 1.97. The molecule has 1 aliphatic rings. The Morgan fingerprint density at radius 3 is 2.67 bits per heavy atom. The van der Waals surface area contributed by atoms with Crippen LogP contribution in [-0.2, 0) is 0 Å². The van der Waals surface area contributed by atoms with Gasteiger partial charge in [0.25, 0.3) is 0 Å². The molecule has 2 nitrogen and oxygen atoms in total. The normalized spacial score (nSPS) is 16.9. The highest BCUT2D eigenvalue weighted by molar-refractivity contribution is 6.69. The molecule has 1 aliphatic carbocycles. The van der Waals surface area contributed by atoms with Gasteiger partial charge in [-0.2, -0.15) is 0 Å². The SMILES string of the molecule is ON=C(Cl)c1ccc(Cl)c(C2CC2)c1F. The second kappa shape index (κ2) is 3.99. The first-order valence-electron chi connectivity index (χ1n) is 4.51. The molecule has 0 radical (unpaired) electrons. The van der Waals surface area contributed by atoms with Gasteiger partial charge < -0.3 is 5.21 Å². The van der Waals surface area contributed by atoms with Gasteiger partial charge in [0, 0.05) is 10.6 Å². The Hall–Kier alpha value is -0.800. The van der Waals surface area contributed by atoms with Crippen LogP contribution in [0.3, 0.4) is 0 Å². The number of hydrogen-bond donors (Lipinski definition) is 1. The molecule has 1 N–H and O–H groups in total. The van der Waals surface area contributed by atoms with Gasteiger partial charge in [0.15, 0.2) is 5.17 Å². The Balaban J connectivity index is 2.54. The minimum atomic E-state index is -0.479. The van der Waals surface area contributed by atoms with E-state index in [0.29, 0.717) is 10.6 Å². The van der Waals surface area contributed by atoms with Gasteiger partial charge >= 0.3 is 0 Å². The Labute approximate surface area is 96.3 Å². The van der Waals surface area contributed by atoms with Crippen molar-refractivity contribution < 1.29 is 9.60 Å². The number of rotatable bonds is 2. The van der Waals surface area contributed by atoms with Crippen LogP contribution < -0.4 is 0 Å². The Morgan fingerprint density at radius 1 is 1.47 bits per heavy atom. The Morgan fingerprint density at radius 2 is 2.13 bits per heavy atom. The molecule has 15 heavy (non-hydrogen) atoms. The summed E-state index contributed by atoms with van der Waals surface area (Å²) in [4.78, 5) is 0. The Bertz CT molecular complexity index is 430. The summed E-state index contributed by atoms with van der Waals surface area (Å²) in [5.74, 6) is -0.298. The highest BCUT2D eigenvalue weighted by atomic mass is 35.5. The molecule has 80 valence electrons. The van der Waals surface area contributed by atoms with Crippen molar-refractivity contribution in [2.45, 2.75) is 18.8 Å². The van der Waals surface area contributed by atoms with Gasteiger partial charge in [-0.25, -0.2) is 4.39 Å². The lowest BCUT2D eigenvalue weighted by molar-refractivity contribution is 0.320. The molecule has 0 heterocycles. The van der Waals surface area contributed by atoms with E-state index in [4.69, 9.17) is 28.4 Å². The molecule has 0 amide bonds. The van der Waals surface area contributed by atoms with E-state index < -0.39 is 5.82 Å². The number of hydrogen-bond acceptors (Lipinski definition) is 2. The first-order chi connectivity index (χ1) is 7.15. The summed E-state index contributed by atoms with van der Waals surface area (Å²) in [6, 6.07) is 2.98. The zero-order chi connectivity index (χ0) is 11.0. The van der Waals surface area contributed by atoms with E-state index in [9.17, 15) is 4.39 Å². The van der Waals surface area contributed by atoms with E-state index in [2.05, 4.69) is 5.16 Å². The summed E-state index contributed by atoms with van der Waals surface area (Å²) in [6.45, 7) is 0. The van der Waals surface area contributed by atoms with E-state index in [1.54, 1.807) is 6.07 Å². The fraction of sp³-hybridized carbons (Fsp3) is 0.300. The van der Waals surface area contributed by atoms with Crippen LogP contribution in [0.1, 0.15) is 29.9 Å². The van der Waals surface area contributed by atoms with Crippen molar-refractivity contribution in [1.82, 2.24) is 0 Å². The van der Waals surface area contributed by atoms with Crippen LogP contribution in [0.4, 0.5) is 4.39 Å². The maximum Gasteiger partial charge on any atom is 0.178 e. The van der Waals surface area contributed by atoms with Gasteiger partial charge in [-0.3, -0.25) is 0 Å². The molecule has 0 aromatic heterocycles. The third kappa shape index (κ3) is 1.94. The first kappa shape index (κ1) is 10.7. The number of halogens is 3. The van der Waals surface area contributed by atoms with Gasteiger partial charge in [-0.15, -0.1) is 0 Å². The monoisotopic (exact) mass is 247 g/mol. The summed E-state index contributed by atoms with van der Waals surface area (Å²) in [6.07, 6.45) is 1.88. The average molecular weight is 248 g/mol. The summed E-state index contributed by atoms with van der Waals surface area (Å²) in [5, 5.41) is 11.4. The van der Waals surface area contributed by atoms with E-state index >= 15 is 0 Å². The van der Waals surface area contributed by atoms with Gasteiger partial charge in [0.05, 0.1) is 5.56 Å². The van der Waals surface area contributed by atoms with Crippen molar-refractivity contribution in [3.05, 3.63) is 34.1 Å². The molecule has 0 saturated heterocycles. The molecule has 2 rings (SSSR count). The van der Waals surface area contributed by atoms with Crippen molar-refractivity contribution in [3.8, 4) is 0 Å². The van der Waals surface area contributed by atoms with Gasteiger partial charge in [-0.1, -0.05) is 28.4 Å². The highest BCUT2D eigenvalue weighted by Gasteiger charge is 2.30. The predicted molar refractivity (Wildman–Crippen MR) is 57.6 cm³/mol. The topological polar surface area (TPSA) is 32.6 Å². The molecule has 1 fully saturated rings. The summed E-state index contributed by atoms with van der Waals surface area (Å²) in [7, 11) is 0. The van der Waals surface area contributed by atoms with Crippen molar-refractivity contribution in [2.24, 2.45) is 5.16 Å². The number of benzene rings is 1. The number of nitrogens with zero attached hydrogens (tertiary/aromatic N) is 1. The van der Waals surface area contributed by atoms with E-state index in [-0.39, 0.29) is 16.7 Å². The lowest BCUT2D eigenvalue weighted by Crippen LogP contribution is -2.00. The summed E-state index contributed by atoms with van der Waals surface area (Å²) >= 11 is 11.5. The van der Waals surface area contributed by atoms with Crippen LogP contribution in [-0.4, -0.2) is 10.4 Å². The molecule has 1 aromatic carbocycles. The van der Waals surface area contributed by atoms with Crippen LogP contribution >= 0.6 is 23.2 Å². The van der Waals surface area contributed by atoms with E-state index in [1.165, 1.54) is 6.07 Å². The molecule has 1 saturated carbocycles. The third-order valence-electron chi connectivity index (χ3n) is 2.42. The molecule has 0 atom stereocenters. The first-order valence-corrected chi connectivity index (χ1v) is 5.26. The van der Waals surface area contributed by atoms with Crippen LogP contribution in [0.15, 0.2) is 17.3 Å². The van der Waals surface area contributed by atoms with E-state index in [0.717, 1.165) is 12.8 Å². The zero-order valence-electron chi connectivity index (χ0n) is 7.67. The molecular weight excluding hydrogens is 240 g/mol. The summed E-state index contributed by atoms with van der Waals surface area (Å²) < 4.78 is 13.9. The minimum absolute atomic E-state index is 0.0884. The maximum absolute atomic E-state index is 13.9. The second-order valence-corrected chi connectivity index (χ2v) is 4.25. The molecule has 1 aromatic rings. The molecule has 0 bridgehead atoms. The molecule has 0 aliphatic heterocycles. The van der Waals surface area contributed by atoms with Gasteiger partial charge in [0.2, 0.25) is 0 Å². The highest BCUT2D eigenvalue weighted by Crippen LogP contribution is 2.45. The average Bonchev–Trinajstić information content (AvgIpc) is 3.01. The summed E-state index contributed by atoms with van der Waals surface area (Å²) in [5.41, 5.74) is 0.571. The van der Waals surface area contributed by atoms with Gasteiger partial charge in [-0.05, 0) is 30.9 Å². The number of oxime groups is 1. The predicted octanol–water partition coefficient (Wildman–Crippen LogP) is 3.73. The molecule has 0 unspecified atom stereocenters. The zero-order valence-corrected chi connectivity index (χ0v) is 9.19. The van der Waals surface area contributed by atoms with Gasteiger partial charge in [0.1, 0.15) is 5.82 Å². The van der Waals surface area contributed by atoms with Crippen molar-refractivity contribution >= 4 is 28.4 Å². The largest absolute Gasteiger partial charge is 0.410 e. The standard InChI is InChI=1S/C10H8Cl2FNO/c11-7-4-3-6(10(12)14-15)9(13)8(7)5-1-2-5/h3-5,15H,1-2H2. The smallest absolute Gasteiger partial charge is 0.178 e. The van der Waals surface area contributed by atoms with Crippen LogP contribution in [0.5, 0.6) is 0 Å². The van der Waals surface area contributed by atoms with Crippen molar-refractivity contribution in [1.29, 1.82) is 0 Å². The quantitative estimate of drug-likeness (QED) is 0.482. The van der Waals surface area contributed by atoms with Crippen LogP contribution in [0.2, 0.25) is 5.02 Å². The lowest BCUT2D eigenvalue weighted by Gasteiger charge is -2.07. The van der Waals surface area contributed by atoms with Crippen molar-refractivity contribution in [3.63, 3.8) is 0 Å². The fourth-order valence-electron chi connectivity index (χ4n) is 1.53. The molecule has 0 spiro atoms. The van der Waals surface area contributed by atoms with Crippen LogP contribution in [0, 0.1) is 5.82 Å². The van der Waals surface area contributed by atoms with Crippen LogP contribution in [0.25, 0.3) is 0 Å². The maximum atomic E-state index is 13.9. The lowest BCUT2D eigenvalue weighted by atomic mass is 10.1. The molecular formula is C10H8Cl2FNO. The van der Waals surface area contributed by atoms with Crippen molar-refractivity contribution in [2.75, 3.05) is 0 Å². The molecule has 5 heteroatoms. The Kier molecular flexibility index (Phi) is 2.85. The third-order valence-corrected chi connectivity index (χ3v) is 3.03. The van der Waals surface area contributed by atoms with E-state index in [1.807, 2.05) is 0 Å². The minimum Gasteiger partial charge on any atom is -0.410 e. The second-order valence-electron chi connectivity index (χ2n) is 3.49.